The average molecular weight is 1180 g/mol. The van der Waals surface area contributed by atoms with Crippen LogP contribution >= 0.6 is 12.4 Å². The van der Waals surface area contributed by atoms with Gasteiger partial charge in [0.05, 0.1) is 16.8 Å². The average Bonchev–Trinajstić information content (AvgIpc) is 3.99. The van der Waals surface area contributed by atoms with Gasteiger partial charge in [-0.1, -0.05) is 148 Å². The predicted octanol–water partition coefficient (Wildman–Crippen LogP) is 18.8. The van der Waals surface area contributed by atoms with Crippen molar-refractivity contribution in [2.75, 3.05) is 19.8 Å². The third-order valence-corrected chi connectivity index (χ3v) is 22.8. The van der Waals surface area contributed by atoms with E-state index in [9.17, 15) is 0 Å². The van der Waals surface area contributed by atoms with E-state index >= 15 is 0 Å². The fraction of sp³-hybridized carbons (Fsp3) is 0.551. The molecule has 7 nitrogen and oxygen atoms in total. The van der Waals surface area contributed by atoms with Crippen molar-refractivity contribution in [2.45, 2.75) is 250 Å². The first-order valence-electron chi connectivity index (χ1n) is 34.0. The van der Waals surface area contributed by atoms with Crippen molar-refractivity contribution >= 4 is 12.4 Å². The summed E-state index contributed by atoms with van der Waals surface area (Å²) in [5.41, 5.74) is 19.9. The molecule has 3 spiro atoms. The second-order valence-electron chi connectivity index (χ2n) is 28.0. The standard InChI is InChI=1S/2C26H33NO.C17H23NO.C9H11N.ClH/c2*1-2-10-23-21(8-1)12-13-22(23)9-7-14-25(24-11-3-6-18-27-24)17-19-28-26(20-25)15-4-5-16-26;1-2-8-16(15-7-3-6-12-18-15)11-13-19-17(14-16)9-4-5-10-17;10-9-6-5-7-3-1-2-4-8(7)9;/h2*1-3,6,8,10-11,18,22H,4-5,7,9,12-17,19-20H2;2-3,6-7,12H,1,4-5,8-11,13-14H2;1-4,9H,5-6,10H2;1H/t2*22-,25-;16-;9-;/m1111./s1. The first-order valence-corrected chi connectivity index (χ1v) is 34.0. The molecule has 6 fully saturated rings. The van der Waals surface area contributed by atoms with E-state index in [4.69, 9.17) is 29.9 Å². The van der Waals surface area contributed by atoms with Crippen LogP contribution in [0.5, 0.6) is 0 Å². The van der Waals surface area contributed by atoms with Gasteiger partial charge in [0.15, 0.2) is 0 Å². The van der Waals surface area contributed by atoms with Crippen molar-refractivity contribution in [3.05, 3.63) is 209 Å². The number of fused-ring (bicyclic) bond motifs is 3. The van der Waals surface area contributed by atoms with Gasteiger partial charge in [-0.05, 0) is 229 Å². The van der Waals surface area contributed by atoms with E-state index in [1.54, 1.807) is 22.3 Å². The van der Waals surface area contributed by atoms with Crippen LogP contribution in [0.2, 0.25) is 0 Å². The summed E-state index contributed by atoms with van der Waals surface area (Å²) < 4.78 is 19.0. The summed E-state index contributed by atoms with van der Waals surface area (Å²) in [5.74, 6) is 1.52. The molecule has 6 heterocycles. The zero-order valence-corrected chi connectivity index (χ0v) is 52.8. The Morgan fingerprint density at radius 2 is 0.779 bits per heavy atom. The lowest BCUT2D eigenvalue weighted by Gasteiger charge is -2.46. The number of rotatable bonds is 13. The maximum Gasteiger partial charge on any atom is 0.0691 e. The van der Waals surface area contributed by atoms with Gasteiger partial charge in [-0.2, -0.15) is 0 Å². The van der Waals surface area contributed by atoms with Crippen LogP contribution in [0.3, 0.4) is 0 Å². The van der Waals surface area contributed by atoms with Crippen LogP contribution in [0.4, 0.5) is 0 Å². The van der Waals surface area contributed by atoms with Crippen LogP contribution < -0.4 is 5.73 Å². The molecule has 8 heteroatoms. The number of ether oxygens (including phenoxy) is 3. The molecule has 6 aliphatic carbocycles. The summed E-state index contributed by atoms with van der Waals surface area (Å²) >= 11 is 0. The number of nitrogens with zero attached hydrogens (tertiary/aromatic N) is 3. The van der Waals surface area contributed by atoms with Crippen LogP contribution in [0.15, 0.2) is 159 Å². The molecule has 3 aromatic heterocycles. The van der Waals surface area contributed by atoms with E-state index in [2.05, 4.69) is 139 Å². The number of halogens is 1. The molecule has 0 bridgehead atoms. The van der Waals surface area contributed by atoms with Crippen LogP contribution in [0.25, 0.3) is 0 Å². The third kappa shape index (κ3) is 14.2. The highest BCUT2D eigenvalue weighted by molar-refractivity contribution is 5.85. The topological polar surface area (TPSA) is 92.4 Å². The molecular formula is C78H101ClN4O3. The third-order valence-electron chi connectivity index (χ3n) is 22.8. The molecule has 2 N–H and O–H groups in total. The molecule has 86 heavy (non-hydrogen) atoms. The van der Waals surface area contributed by atoms with E-state index in [1.165, 1.54) is 182 Å². The highest BCUT2D eigenvalue weighted by atomic mass is 35.5. The quantitative estimate of drug-likeness (QED) is 0.115. The molecule has 15 rings (SSSR count). The Morgan fingerprint density at radius 1 is 0.430 bits per heavy atom. The summed E-state index contributed by atoms with van der Waals surface area (Å²) in [6.45, 7) is 6.65. The van der Waals surface area contributed by atoms with E-state index < -0.39 is 0 Å². The fourth-order valence-corrected chi connectivity index (χ4v) is 18.5. The maximum absolute atomic E-state index is 6.40. The molecule has 0 unspecified atom stereocenters. The number of pyridine rings is 3. The lowest BCUT2D eigenvalue weighted by Crippen LogP contribution is -2.46. The Hall–Kier alpha value is -5.02. The predicted molar refractivity (Wildman–Crippen MR) is 353 cm³/mol. The van der Waals surface area contributed by atoms with Gasteiger partial charge in [-0.3, -0.25) is 15.0 Å². The van der Waals surface area contributed by atoms with Crippen LogP contribution in [0, 0.1) is 0 Å². The zero-order valence-electron chi connectivity index (χ0n) is 52.0. The Balaban J connectivity index is 0.000000125. The van der Waals surface area contributed by atoms with E-state index in [-0.39, 0.29) is 45.5 Å². The van der Waals surface area contributed by atoms with Gasteiger partial charge in [0.25, 0.3) is 0 Å². The number of allylic oxidation sites excluding steroid dienone is 1. The molecule has 9 aliphatic rings. The Kier molecular flexibility index (Phi) is 20.8. The van der Waals surface area contributed by atoms with Crippen molar-refractivity contribution < 1.29 is 14.2 Å². The minimum atomic E-state index is 0. The number of hydrogen-bond donors (Lipinski definition) is 1. The van der Waals surface area contributed by atoms with Crippen molar-refractivity contribution in [1.82, 2.24) is 15.0 Å². The van der Waals surface area contributed by atoms with Gasteiger partial charge in [-0.15, -0.1) is 19.0 Å². The lowest BCUT2D eigenvalue weighted by molar-refractivity contribution is -0.105. The summed E-state index contributed by atoms with van der Waals surface area (Å²) in [6.07, 6.45) is 46.4. The molecule has 3 saturated heterocycles. The van der Waals surface area contributed by atoms with Gasteiger partial charge in [-0.25, -0.2) is 0 Å². The monoisotopic (exact) mass is 1180 g/mol. The van der Waals surface area contributed by atoms with Crippen molar-refractivity contribution in [3.8, 4) is 0 Å². The largest absolute Gasteiger partial charge is 0.375 e. The normalized spacial score (nSPS) is 27.7. The molecule has 3 saturated carbocycles. The maximum atomic E-state index is 6.40. The summed E-state index contributed by atoms with van der Waals surface area (Å²) in [6, 6.07) is 46.2. The molecular weight excluding hydrogens is 1080 g/mol. The molecule has 0 amide bonds. The molecule has 458 valence electrons. The van der Waals surface area contributed by atoms with Gasteiger partial charge < -0.3 is 19.9 Å². The second-order valence-corrected chi connectivity index (χ2v) is 28.0. The number of nitrogens with two attached hydrogens (primary N) is 1. The van der Waals surface area contributed by atoms with Gasteiger partial charge in [0.1, 0.15) is 0 Å². The second kappa shape index (κ2) is 28.6. The molecule has 3 aromatic carbocycles. The molecule has 0 radical (unpaired) electrons. The van der Waals surface area contributed by atoms with Crippen LogP contribution in [0.1, 0.15) is 248 Å². The van der Waals surface area contributed by atoms with Crippen molar-refractivity contribution in [1.29, 1.82) is 0 Å². The van der Waals surface area contributed by atoms with Crippen molar-refractivity contribution in [3.63, 3.8) is 0 Å². The van der Waals surface area contributed by atoms with Gasteiger partial charge in [0, 0.05) is 77.8 Å². The molecule has 6 aromatic rings. The molecule has 3 aliphatic heterocycles. The molecule has 6 atom stereocenters. The zero-order chi connectivity index (χ0) is 57.9. The summed E-state index contributed by atoms with van der Waals surface area (Å²) in [4.78, 5) is 14.4. The summed E-state index contributed by atoms with van der Waals surface area (Å²) in [7, 11) is 0. The highest BCUT2D eigenvalue weighted by Gasteiger charge is 2.51. The smallest absolute Gasteiger partial charge is 0.0691 e. The van der Waals surface area contributed by atoms with Crippen LogP contribution in [-0.4, -0.2) is 51.6 Å². The van der Waals surface area contributed by atoms with Crippen molar-refractivity contribution in [2.24, 2.45) is 5.73 Å². The lowest BCUT2D eigenvalue weighted by atomic mass is 9.67. The van der Waals surface area contributed by atoms with E-state index in [0.717, 1.165) is 76.6 Å². The van der Waals surface area contributed by atoms with Crippen LogP contribution in [-0.2, 0) is 49.7 Å². The number of benzene rings is 3. The Labute approximate surface area is 523 Å². The number of hydrogen-bond acceptors (Lipinski definition) is 7. The first kappa shape index (κ1) is 62.6. The van der Waals surface area contributed by atoms with E-state index in [1.807, 2.05) is 24.7 Å². The summed E-state index contributed by atoms with van der Waals surface area (Å²) in [5, 5.41) is 0. The first-order chi connectivity index (χ1) is 41.7. The number of aryl methyl sites for hydroxylation is 3. The van der Waals surface area contributed by atoms with Gasteiger partial charge >= 0.3 is 0 Å². The highest BCUT2D eigenvalue weighted by Crippen LogP contribution is 2.54. The number of aromatic nitrogens is 3. The van der Waals surface area contributed by atoms with E-state index in [0.29, 0.717) is 6.04 Å². The minimum Gasteiger partial charge on any atom is -0.375 e. The van der Waals surface area contributed by atoms with Gasteiger partial charge in [0.2, 0.25) is 0 Å². The minimum absolute atomic E-state index is 0. The fourth-order valence-electron chi connectivity index (χ4n) is 18.5. The Morgan fingerprint density at radius 3 is 1.17 bits per heavy atom. The SMILES string of the molecule is C=CC[C@@]1(c2ccccn2)CCOC2(CCCC2)C1.Cl.N[C@@H]1CCc2ccccc21.c1ccc([C@]2(CCC[C@@H]3CCc4ccccc43)CCOC3(CCCC3)C2)nc1.c1ccc([C@]2(CCC[C@@H]3CCc4ccccc43)CCOC3(CCCC3)C2)nc1. The Bertz CT molecular complexity index is 2930.